The SMILES string of the molecule is CC(=O)c1ccc(NC(=O)/C(C#N)=C\NC2CC(C)(C)NC(C)(C)C2)cc1. The Kier molecular flexibility index (Phi) is 6.07. The van der Waals surface area contributed by atoms with Crippen molar-refractivity contribution in [2.24, 2.45) is 0 Å². The molecule has 27 heavy (non-hydrogen) atoms. The molecule has 1 aliphatic heterocycles. The van der Waals surface area contributed by atoms with Crippen molar-refractivity contribution in [2.45, 2.75) is 64.6 Å². The third-order valence-electron chi connectivity index (χ3n) is 4.57. The molecule has 0 bridgehead atoms. The zero-order chi connectivity index (χ0) is 20.2. The lowest BCUT2D eigenvalue weighted by molar-refractivity contribution is -0.112. The molecule has 3 N–H and O–H groups in total. The molecular weight excluding hydrogens is 340 g/mol. The summed E-state index contributed by atoms with van der Waals surface area (Å²) >= 11 is 0. The molecule has 144 valence electrons. The predicted molar refractivity (Wildman–Crippen MR) is 106 cm³/mol. The molecule has 0 atom stereocenters. The Hall–Kier alpha value is -2.65. The Morgan fingerprint density at radius 2 is 1.70 bits per heavy atom. The molecule has 0 aromatic heterocycles. The van der Waals surface area contributed by atoms with Crippen LogP contribution in [0, 0.1) is 11.3 Å². The zero-order valence-electron chi connectivity index (χ0n) is 16.6. The minimum atomic E-state index is -0.479. The van der Waals surface area contributed by atoms with E-state index in [9.17, 15) is 14.9 Å². The summed E-state index contributed by atoms with van der Waals surface area (Å²) in [5.41, 5.74) is 1.07. The number of anilines is 1. The second kappa shape index (κ2) is 7.93. The standard InChI is InChI=1S/C21H28N4O2/c1-14(26)15-6-8-17(9-7-15)24-19(27)16(12-22)13-23-18-10-20(2,3)25-21(4,5)11-18/h6-9,13,18,23,25H,10-11H2,1-5H3,(H,24,27)/b16-13-. The van der Waals surface area contributed by atoms with E-state index in [0.29, 0.717) is 11.3 Å². The third-order valence-corrected chi connectivity index (χ3v) is 4.57. The van der Waals surface area contributed by atoms with Gasteiger partial charge in [0.2, 0.25) is 0 Å². The lowest BCUT2D eigenvalue weighted by atomic mass is 9.80. The monoisotopic (exact) mass is 368 g/mol. The lowest BCUT2D eigenvalue weighted by Gasteiger charge is -2.46. The predicted octanol–water partition coefficient (Wildman–Crippen LogP) is 3.13. The maximum atomic E-state index is 12.4. The summed E-state index contributed by atoms with van der Waals surface area (Å²) in [6.45, 7) is 10.1. The van der Waals surface area contributed by atoms with E-state index >= 15 is 0 Å². The highest BCUT2D eigenvalue weighted by molar-refractivity contribution is 6.06. The van der Waals surface area contributed by atoms with E-state index in [-0.39, 0.29) is 28.5 Å². The number of nitrogens with zero attached hydrogens (tertiary/aromatic N) is 1. The quantitative estimate of drug-likeness (QED) is 0.422. The molecule has 6 nitrogen and oxygen atoms in total. The van der Waals surface area contributed by atoms with Crippen LogP contribution in [0.5, 0.6) is 0 Å². The molecule has 0 saturated carbocycles. The second-order valence-electron chi connectivity index (χ2n) is 8.42. The molecule has 1 amide bonds. The number of rotatable bonds is 5. The first-order valence-corrected chi connectivity index (χ1v) is 9.09. The van der Waals surface area contributed by atoms with Crippen molar-refractivity contribution in [3.05, 3.63) is 41.6 Å². The molecule has 6 heteroatoms. The van der Waals surface area contributed by atoms with Gasteiger partial charge < -0.3 is 16.0 Å². The molecule has 0 unspecified atom stereocenters. The van der Waals surface area contributed by atoms with E-state index in [1.807, 2.05) is 6.07 Å². The Balaban J connectivity index is 2.03. The minimum absolute atomic E-state index is 0.0137. The van der Waals surface area contributed by atoms with Gasteiger partial charge in [-0.3, -0.25) is 9.59 Å². The molecule has 0 radical (unpaired) electrons. The summed E-state index contributed by atoms with van der Waals surface area (Å²) in [6, 6.07) is 8.70. The number of nitrogens with one attached hydrogen (secondary N) is 3. The number of Topliss-reactive ketones (excluding diaryl/α,β-unsaturated/α-hetero) is 1. The number of carbonyl (C=O) groups excluding carboxylic acids is 2. The number of amides is 1. The van der Waals surface area contributed by atoms with Gasteiger partial charge in [0.15, 0.2) is 5.78 Å². The van der Waals surface area contributed by atoms with Gasteiger partial charge in [-0.15, -0.1) is 0 Å². The number of nitriles is 1. The van der Waals surface area contributed by atoms with Crippen molar-refractivity contribution in [1.82, 2.24) is 10.6 Å². The largest absolute Gasteiger partial charge is 0.387 e. The van der Waals surface area contributed by atoms with Crippen LogP contribution in [0.25, 0.3) is 0 Å². The first kappa shape index (κ1) is 20.7. The number of carbonyl (C=O) groups is 2. The molecule has 1 heterocycles. The Labute approximate surface area is 161 Å². The third kappa shape index (κ3) is 5.93. The van der Waals surface area contributed by atoms with Crippen molar-refractivity contribution in [3.8, 4) is 6.07 Å². The van der Waals surface area contributed by atoms with Crippen LogP contribution in [0.4, 0.5) is 5.69 Å². The van der Waals surface area contributed by atoms with Crippen LogP contribution in [-0.4, -0.2) is 28.8 Å². The fourth-order valence-electron chi connectivity index (χ4n) is 3.78. The highest BCUT2D eigenvalue weighted by Crippen LogP contribution is 2.28. The minimum Gasteiger partial charge on any atom is -0.387 e. The summed E-state index contributed by atoms with van der Waals surface area (Å²) in [5, 5.41) is 18.9. The van der Waals surface area contributed by atoms with Gasteiger partial charge in [-0.1, -0.05) is 0 Å². The topological polar surface area (TPSA) is 94.0 Å². The molecule has 1 aromatic carbocycles. The number of benzene rings is 1. The van der Waals surface area contributed by atoms with E-state index in [0.717, 1.165) is 12.8 Å². The lowest BCUT2D eigenvalue weighted by Crippen LogP contribution is -2.61. The van der Waals surface area contributed by atoms with Crippen LogP contribution in [-0.2, 0) is 4.79 Å². The Morgan fingerprint density at radius 1 is 1.15 bits per heavy atom. The molecular formula is C21H28N4O2. The average molecular weight is 368 g/mol. The van der Waals surface area contributed by atoms with Gasteiger partial charge in [-0.25, -0.2) is 0 Å². The van der Waals surface area contributed by atoms with Crippen molar-refractivity contribution in [3.63, 3.8) is 0 Å². The Bertz CT molecular complexity index is 769. The summed E-state index contributed by atoms with van der Waals surface area (Å²) in [4.78, 5) is 23.7. The van der Waals surface area contributed by atoms with Gasteiger partial charge in [0.25, 0.3) is 5.91 Å². The second-order valence-corrected chi connectivity index (χ2v) is 8.42. The maximum Gasteiger partial charge on any atom is 0.267 e. The highest BCUT2D eigenvalue weighted by Gasteiger charge is 2.37. The van der Waals surface area contributed by atoms with E-state index in [1.165, 1.54) is 13.1 Å². The van der Waals surface area contributed by atoms with Gasteiger partial charge >= 0.3 is 0 Å². The van der Waals surface area contributed by atoms with E-state index in [2.05, 4.69) is 43.6 Å². The van der Waals surface area contributed by atoms with Crippen LogP contribution in [0.2, 0.25) is 0 Å². The first-order valence-electron chi connectivity index (χ1n) is 9.09. The Morgan fingerprint density at radius 3 is 2.19 bits per heavy atom. The number of hydrogen-bond donors (Lipinski definition) is 3. The van der Waals surface area contributed by atoms with Gasteiger partial charge in [0.05, 0.1) is 0 Å². The number of ketones is 1. The van der Waals surface area contributed by atoms with E-state index < -0.39 is 5.91 Å². The number of hydrogen-bond acceptors (Lipinski definition) is 5. The van der Waals surface area contributed by atoms with Crippen LogP contribution >= 0.6 is 0 Å². The normalized spacial score (nSPS) is 19.0. The maximum absolute atomic E-state index is 12.4. The summed E-state index contributed by atoms with van der Waals surface area (Å²) < 4.78 is 0. The molecule has 0 spiro atoms. The molecule has 1 aromatic rings. The fraction of sp³-hybridized carbons (Fsp3) is 0.476. The highest BCUT2D eigenvalue weighted by atomic mass is 16.1. The smallest absolute Gasteiger partial charge is 0.267 e. The van der Waals surface area contributed by atoms with Crippen LogP contribution in [0.3, 0.4) is 0 Å². The molecule has 1 fully saturated rings. The van der Waals surface area contributed by atoms with Crippen LogP contribution in [0.15, 0.2) is 36.0 Å². The fourth-order valence-corrected chi connectivity index (χ4v) is 3.78. The van der Waals surface area contributed by atoms with Gasteiger partial charge in [0.1, 0.15) is 11.6 Å². The summed E-state index contributed by atoms with van der Waals surface area (Å²) in [7, 11) is 0. The van der Waals surface area contributed by atoms with E-state index in [4.69, 9.17) is 0 Å². The van der Waals surface area contributed by atoms with Crippen molar-refractivity contribution < 1.29 is 9.59 Å². The van der Waals surface area contributed by atoms with E-state index in [1.54, 1.807) is 24.3 Å². The van der Waals surface area contributed by atoms with Crippen LogP contribution < -0.4 is 16.0 Å². The molecule has 1 saturated heterocycles. The van der Waals surface area contributed by atoms with Crippen molar-refractivity contribution >= 4 is 17.4 Å². The van der Waals surface area contributed by atoms with Crippen molar-refractivity contribution in [1.29, 1.82) is 5.26 Å². The summed E-state index contributed by atoms with van der Waals surface area (Å²) in [5.74, 6) is -0.518. The zero-order valence-corrected chi connectivity index (χ0v) is 16.6. The van der Waals surface area contributed by atoms with Crippen LogP contribution in [0.1, 0.15) is 57.8 Å². The molecule has 0 aliphatic carbocycles. The first-order chi connectivity index (χ1) is 12.5. The van der Waals surface area contributed by atoms with Gasteiger partial charge in [-0.2, -0.15) is 5.26 Å². The molecule has 2 rings (SSSR count). The van der Waals surface area contributed by atoms with Gasteiger partial charge in [-0.05, 0) is 71.7 Å². The average Bonchev–Trinajstić information content (AvgIpc) is 2.53. The molecule has 1 aliphatic rings. The van der Waals surface area contributed by atoms with Crippen molar-refractivity contribution in [2.75, 3.05) is 5.32 Å². The summed E-state index contributed by atoms with van der Waals surface area (Å²) in [6.07, 6.45) is 3.28. The number of piperidine rings is 1. The van der Waals surface area contributed by atoms with Gasteiger partial charge in [0, 0.05) is 34.6 Å².